The summed E-state index contributed by atoms with van der Waals surface area (Å²) in [6.45, 7) is 0. The van der Waals surface area contributed by atoms with Crippen molar-refractivity contribution in [1.29, 1.82) is 0 Å². The fraction of sp³-hybridized carbons (Fsp3) is 0. The van der Waals surface area contributed by atoms with Gasteiger partial charge in [0.05, 0.1) is 0 Å². The predicted molar refractivity (Wildman–Crippen MR) is 23.2 cm³/mol. The summed E-state index contributed by atoms with van der Waals surface area (Å²) in [6.07, 6.45) is 0. The molecule has 6 heavy (non-hydrogen) atoms. The summed E-state index contributed by atoms with van der Waals surface area (Å²) in [6, 6.07) is 0. The van der Waals surface area contributed by atoms with Crippen molar-refractivity contribution in [2.45, 2.75) is 0 Å². The number of rotatable bonds is 0. The van der Waals surface area contributed by atoms with Crippen molar-refractivity contribution in [2.75, 3.05) is 0 Å². The molecular formula is C2H4N4. The van der Waals surface area contributed by atoms with Crippen LogP contribution in [0.1, 0.15) is 0 Å². The highest BCUT2D eigenvalue weighted by Gasteiger charge is 1.99. The van der Waals surface area contributed by atoms with E-state index in [1.807, 2.05) is 0 Å². The maximum atomic E-state index is 4.95. The fourth-order valence-corrected chi connectivity index (χ4v) is 0.240. The second-order valence-electron chi connectivity index (χ2n) is 0.940. The number of aliphatic imine (C=N–C) groups is 2. The lowest BCUT2D eigenvalue weighted by Crippen LogP contribution is -2.27. The van der Waals surface area contributed by atoms with Gasteiger partial charge in [0.1, 0.15) is 0 Å². The molecule has 0 radical (unpaired) electrons. The van der Waals surface area contributed by atoms with Gasteiger partial charge in [0, 0.05) is 0 Å². The van der Waals surface area contributed by atoms with Crippen LogP contribution < -0.4 is 11.5 Å². The smallest absolute Gasteiger partial charge is 0.226 e. The lowest BCUT2D eigenvalue weighted by atomic mass is 10.8. The minimum absolute atomic E-state index is 0.271. The molecule has 4 nitrogen and oxygen atoms in total. The Labute approximate surface area is 34.6 Å². The molecule has 0 atom stereocenters. The van der Waals surface area contributed by atoms with Gasteiger partial charge >= 0.3 is 0 Å². The first-order valence-electron chi connectivity index (χ1n) is 1.47. The van der Waals surface area contributed by atoms with Gasteiger partial charge in [-0.3, -0.25) is 0 Å². The Balaban J connectivity index is 2.57. The van der Waals surface area contributed by atoms with E-state index < -0.39 is 0 Å². The molecule has 4 heteroatoms. The van der Waals surface area contributed by atoms with E-state index in [0.29, 0.717) is 0 Å². The summed E-state index contributed by atoms with van der Waals surface area (Å²) < 4.78 is 0. The van der Waals surface area contributed by atoms with E-state index in [9.17, 15) is 0 Å². The van der Waals surface area contributed by atoms with Crippen molar-refractivity contribution in [1.82, 2.24) is 0 Å². The molecule has 0 fully saturated rings. The highest BCUT2D eigenvalue weighted by molar-refractivity contribution is 6.07. The highest BCUT2D eigenvalue weighted by atomic mass is 15.2. The number of nitrogens with two attached hydrogens (primary N) is 2. The van der Waals surface area contributed by atoms with Crippen LogP contribution in [-0.2, 0) is 0 Å². The standard InChI is InChI=1S/C2H4N4/c3-1-5-2(4)6-1/h(H4,3,4,5,6). The van der Waals surface area contributed by atoms with Crippen LogP contribution >= 0.6 is 0 Å². The zero-order chi connectivity index (χ0) is 4.57. The van der Waals surface area contributed by atoms with Gasteiger partial charge in [-0.25, -0.2) is 0 Å². The van der Waals surface area contributed by atoms with Gasteiger partial charge in [0.25, 0.3) is 0 Å². The lowest BCUT2D eigenvalue weighted by molar-refractivity contribution is 1.32. The normalized spacial score (nSPS) is 18.0. The number of nitrogens with zero attached hydrogens (tertiary/aromatic N) is 2. The van der Waals surface area contributed by atoms with Crippen LogP contribution in [0.25, 0.3) is 0 Å². The molecule has 1 aliphatic rings. The highest BCUT2D eigenvalue weighted by Crippen LogP contribution is 1.84. The van der Waals surface area contributed by atoms with E-state index in [2.05, 4.69) is 9.98 Å². The Morgan fingerprint density at radius 1 is 1.00 bits per heavy atom. The maximum Gasteiger partial charge on any atom is 0.226 e. The molecule has 0 saturated heterocycles. The van der Waals surface area contributed by atoms with E-state index in [1.54, 1.807) is 0 Å². The van der Waals surface area contributed by atoms with Crippen LogP contribution in [0.3, 0.4) is 0 Å². The summed E-state index contributed by atoms with van der Waals surface area (Å²) in [7, 11) is 0. The fourth-order valence-electron chi connectivity index (χ4n) is 0.240. The molecule has 0 aromatic rings. The molecule has 0 saturated carbocycles. The summed E-state index contributed by atoms with van der Waals surface area (Å²) in [5.41, 5.74) is 9.90. The molecule has 32 valence electrons. The average molecular weight is 84.1 g/mol. The second kappa shape index (κ2) is 0.707. The van der Waals surface area contributed by atoms with Crippen molar-refractivity contribution in [2.24, 2.45) is 21.5 Å². The molecular weight excluding hydrogens is 80.1 g/mol. The molecule has 0 bridgehead atoms. The molecule has 1 rings (SSSR count). The number of hydrogen-bond acceptors (Lipinski definition) is 4. The van der Waals surface area contributed by atoms with Gasteiger partial charge in [0.2, 0.25) is 11.9 Å². The van der Waals surface area contributed by atoms with Crippen LogP contribution in [0.5, 0.6) is 0 Å². The minimum Gasteiger partial charge on any atom is -0.368 e. The molecule has 0 aromatic carbocycles. The van der Waals surface area contributed by atoms with E-state index in [0.717, 1.165) is 0 Å². The first-order valence-corrected chi connectivity index (χ1v) is 1.47. The Hall–Kier alpha value is -1.06. The van der Waals surface area contributed by atoms with Crippen LogP contribution in [0, 0.1) is 0 Å². The third-order valence-electron chi connectivity index (χ3n) is 0.458. The average Bonchev–Trinajstić information content (AvgIpc) is 1.33. The summed E-state index contributed by atoms with van der Waals surface area (Å²) in [4.78, 5) is 6.89. The van der Waals surface area contributed by atoms with E-state index >= 15 is 0 Å². The van der Waals surface area contributed by atoms with Crippen molar-refractivity contribution < 1.29 is 0 Å². The van der Waals surface area contributed by atoms with E-state index in [-0.39, 0.29) is 11.9 Å². The monoisotopic (exact) mass is 84.0 g/mol. The molecule has 1 heterocycles. The summed E-state index contributed by atoms with van der Waals surface area (Å²) in [5.74, 6) is 0.542. The van der Waals surface area contributed by atoms with Crippen LogP contribution in [0.15, 0.2) is 9.98 Å². The number of hydrogen-bond donors (Lipinski definition) is 2. The zero-order valence-electron chi connectivity index (χ0n) is 3.05. The van der Waals surface area contributed by atoms with Gasteiger partial charge in [-0.05, 0) is 0 Å². The SMILES string of the molecule is NC1=NC(N)=N1. The summed E-state index contributed by atoms with van der Waals surface area (Å²) >= 11 is 0. The molecule has 0 aliphatic carbocycles. The molecule has 0 spiro atoms. The maximum absolute atomic E-state index is 4.95. The summed E-state index contributed by atoms with van der Waals surface area (Å²) in [5, 5.41) is 0. The third kappa shape index (κ3) is 0.230. The van der Waals surface area contributed by atoms with Crippen molar-refractivity contribution in [3.05, 3.63) is 0 Å². The Morgan fingerprint density at radius 2 is 1.33 bits per heavy atom. The molecule has 0 amide bonds. The first-order chi connectivity index (χ1) is 2.79. The van der Waals surface area contributed by atoms with Crippen LogP contribution in [0.2, 0.25) is 0 Å². The Bertz CT molecular complexity index is 100. The van der Waals surface area contributed by atoms with Gasteiger partial charge in [-0.2, -0.15) is 9.98 Å². The van der Waals surface area contributed by atoms with E-state index in [4.69, 9.17) is 11.5 Å². The van der Waals surface area contributed by atoms with Crippen molar-refractivity contribution in [3.8, 4) is 0 Å². The molecule has 0 unspecified atom stereocenters. The predicted octanol–water partition coefficient (Wildman–Crippen LogP) is -1.37. The third-order valence-corrected chi connectivity index (χ3v) is 0.458. The largest absolute Gasteiger partial charge is 0.368 e. The van der Waals surface area contributed by atoms with Crippen LogP contribution in [0.4, 0.5) is 0 Å². The molecule has 0 aromatic heterocycles. The van der Waals surface area contributed by atoms with Crippen LogP contribution in [-0.4, -0.2) is 11.9 Å². The van der Waals surface area contributed by atoms with Gasteiger partial charge in [-0.15, -0.1) is 0 Å². The minimum atomic E-state index is 0.271. The zero-order valence-corrected chi connectivity index (χ0v) is 3.05. The second-order valence-corrected chi connectivity index (χ2v) is 0.940. The Kier molecular flexibility index (Phi) is 0.370. The number of guanidine groups is 2. The topological polar surface area (TPSA) is 76.8 Å². The quantitative estimate of drug-likeness (QED) is 0.380. The van der Waals surface area contributed by atoms with Crippen molar-refractivity contribution in [3.63, 3.8) is 0 Å². The van der Waals surface area contributed by atoms with Gasteiger partial charge in [0.15, 0.2) is 0 Å². The van der Waals surface area contributed by atoms with Gasteiger partial charge in [-0.1, -0.05) is 0 Å². The van der Waals surface area contributed by atoms with E-state index in [1.165, 1.54) is 0 Å². The Morgan fingerprint density at radius 3 is 1.33 bits per heavy atom. The molecule has 4 N–H and O–H groups in total. The van der Waals surface area contributed by atoms with Gasteiger partial charge < -0.3 is 11.5 Å². The van der Waals surface area contributed by atoms with Crippen molar-refractivity contribution >= 4 is 11.9 Å². The lowest BCUT2D eigenvalue weighted by Gasteiger charge is -1.99. The molecule has 1 aliphatic heterocycles. The first kappa shape index (κ1) is 3.14.